The number of anilines is 2. The molecule has 164 valence electrons. The van der Waals surface area contributed by atoms with Gasteiger partial charge in [0.2, 0.25) is 0 Å². The van der Waals surface area contributed by atoms with Gasteiger partial charge in [-0.1, -0.05) is 36.4 Å². The van der Waals surface area contributed by atoms with Crippen LogP contribution in [0.15, 0.2) is 48.5 Å². The van der Waals surface area contributed by atoms with Crippen LogP contribution in [-0.4, -0.2) is 77.0 Å². The molecular formula is C25H30N2O4. The van der Waals surface area contributed by atoms with E-state index in [4.69, 9.17) is 18.9 Å². The number of epoxide rings is 4. The molecule has 6 rings (SSSR count). The number of hydrogen-bond donors (Lipinski definition) is 0. The molecule has 0 radical (unpaired) electrons. The molecule has 0 aliphatic carbocycles. The monoisotopic (exact) mass is 422 g/mol. The number of nitrogens with zero attached hydrogens (tertiary/aromatic N) is 2. The minimum atomic E-state index is 0.353. The summed E-state index contributed by atoms with van der Waals surface area (Å²) in [5.74, 6) is 0. The van der Waals surface area contributed by atoms with Crippen molar-refractivity contribution >= 4 is 11.4 Å². The van der Waals surface area contributed by atoms with Gasteiger partial charge in [0.1, 0.15) is 0 Å². The highest BCUT2D eigenvalue weighted by Crippen LogP contribution is 2.31. The predicted octanol–water partition coefficient (Wildman–Crippen LogP) is 2.49. The van der Waals surface area contributed by atoms with E-state index in [1.54, 1.807) is 0 Å². The molecule has 4 saturated heterocycles. The van der Waals surface area contributed by atoms with Gasteiger partial charge in [0.15, 0.2) is 0 Å². The first-order valence-electron chi connectivity index (χ1n) is 11.4. The topological polar surface area (TPSA) is 56.6 Å². The van der Waals surface area contributed by atoms with E-state index in [0.29, 0.717) is 24.4 Å². The number of para-hydroxylation sites is 2. The molecule has 6 heteroatoms. The van der Waals surface area contributed by atoms with E-state index in [1.807, 2.05) is 0 Å². The second kappa shape index (κ2) is 8.43. The van der Waals surface area contributed by atoms with Crippen molar-refractivity contribution in [1.82, 2.24) is 0 Å². The van der Waals surface area contributed by atoms with Crippen LogP contribution in [0.4, 0.5) is 11.4 Å². The van der Waals surface area contributed by atoms with Crippen LogP contribution in [0.2, 0.25) is 0 Å². The minimum Gasteiger partial charge on any atom is -0.371 e. The fraction of sp³-hybridized carbons (Fsp3) is 0.520. The van der Waals surface area contributed by atoms with Crippen LogP contribution in [0.3, 0.4) is 0 Å². The molecule has 2 aromatic carbocycles. The third kappa shape index (κ3) is 5.21. The van der Waals surface area contributed by atoms with Crippen LogP contribution >= 0.6 is 0 Å². The van der Waals surface area contributed by atoms with Crippen molar-refractivity contribution in [3.05, 3.63) is 59.7 Å². The lowest BCUT2D eigenvalue weighted by Crippen LogP contribution is -2.33. The second-order valence-electron chi connectivity index (χ2n) is 9.07. The van der Waals surface area contributed by atoms with Gasteiger partial charge >= 0.3 is 0 Å². The summed E-state index contributed by atoms with van der Waals surface area (Å²) in [7, 11) is 0. The van der Waals surface area contributed by atoms with E-state index >= 15 is 0 Å². The van der Waals surface area contributed by atoms with Gasteiger partial charge in [-0.05, 0) is 23.3 Å². The molecule has 4 aliphatic heterocycles. The average molecular weight is 423 g/mol. The number of rotatable bonds is 12. The maximum Gasteiger partial charge on any atom is 0.0984 e. The zero-order valence-corrected chi connectivity index (χ0v) is 17.8. The highest BCUT2D eigenvalue weighted by atomic mass is 16.6. The van der Waals surface area contributed by atoms with E-state index in [9.17, 15) is 0 Å². The van der Waals surface area contributed by atoms with Gasteiger partial charge in [-0.3, -0.25) is 0 Å². The SMILES string of the molecule is c1ccc(N(CC2CO2)CC2CO2)c(Cc2ccccc2N(CC2CO2)CC2CO2)c1. The summed E-state index contributed by atoms with van der Waals surface area (Å²) in [6.07, 6.45) is 2.31. The number of ether oxygens (including phenoxy) is 4. The van der Waals surface area contributed by atoms with E-state index in [0.717, 1.165) is 59.0 Å². The van der Waals surface area contributed by atoms with Gasteiger partial charge in [0.05, 0.1) is 50.8 Å². The van der Waals surface area contributed by atoms with Gasteiger partial charge in [-0.15, -0.1) is 0 Å². The lowest BCUT2D eigenvalue weighted by Gasteiger charge is -2.28. The Kier molecular flexibility index (Phi) is 5.32. The second-order valence-corrected chi connectivity index (χ2v) is 9.07. The third-order valence-electron chi connectivity index (χ3n) is 6.35. The Labute approximate surface area is 183 Å². The maximum absolute atomic E-state index is 5.54. The fourth-order valence-electron chi connectivity index (χ4n) is 4.36. The van der Waals surface area contributed by atoms with E-state index in [1.165, 1.54) is 22.5 Å². The van der Waals surface area contributed by atoms with Crippen LogP contribution < -0.4 is 9.80 Å². The van der Waals surface area contributed by atoms with Crippen molar-refractivity contribution in [2.24, 2.45) is 0 Å². The first-order chi connectivity index (χ1) is 15.3. The highest BCUT2D eigenvalue weighted by molar-refractivity contribution is 5.60. The van der Waals surface area contributed by atoms with Gasteiger partial charge in [0.25, 0.3) is 0 Å². The van der Waals surface area contributed by atoms with Gasteiger partial charge < -0.3 is 28.7 Å². The Morgan fingerprint density at radius 2 is 0.871 bits per heavy atom. The normalized spacial score (nSPS) is 27.6. The summed E-state index contributed by atoms with van der Waals surface area (Å²) in [5, 5.41) is 0. The van der Waals surface area contributed by atoms with Crippen LogP contribution in [0.25, 0.3) is 0 Å². The fourth-order valence-corrected chi connectivity index (χ4v) is 4.36. The smallest absolute Gasteiger partial charge is 0.0984 e. The quantitative estimate of drug-likeness (QED) is 0.490. The van der Waals surface area contributed by atoms with Crippen molar-refractivity contribution in [2.45, 2.75) is 30.8 Å². The van der Waals surface area contributed by atoms with Gasteiger partial charge in [-0.2, -0.15) is 0 Å². The minimum absolute atomic E-state index is 0.353. The summed E-state index contributed by atoms with van der Waals surface area (Å²) < 4.78 is 22.2. The number of hydrogen-bond acceptors (Lipinski definition) is 6. The zero-order chi connectivity index (χ0) is 20.6. The molecule has 31 heavy (non-hydrogen) atoms. The Hall–Kier alpha value is -2.12. The molecular weight excluding hydrogens is 392 g/mol. The lowest BCUT2D eigenvalue weighted by atomic mass is 10.00. The van der Waals surface area contributed by atoms with Crippen LogP contribution in [0.1, 0.15) is 11.1 Å². The maximum atomic E-state index is 5.54. The molecule has 4 atom stereocenters. The summed E-state index contributed by atoms with van der Waals surface area (Å²) in [6, 6.07) is 17.6. The molecule has 6 nitrogen and oxygen atoms in total. The zero-order valence-electron chi connectivity index (χ0n) is 17.8. The molecule has 4 aliphatic rings. The molecule has 0 aromatic heterocycles. The Morgan fingerprint density at radius 1 is 0.548 bits per heavy atom. The van der Waals surface area contributed by atoms with Crippen LogP contribution in [0.5, 0.6) is 0 Å². The predicted molar refractivity (Wildman–Crippen MR) is 119 cm³/mol. The molecule has 0 saturated carbocycles. The summed E-state index contributed by atoms with van der Waals surface area (Å²) in [5.41, 5.74) is 5.29. The molecule has 4 unspecified atom stereocenters. The lowest BCUT2D eigenvalue weighted by molar-refractivity contribution is 0.388. The highest BCUT2D eigenvalue weighted by Gasteiger charge is 2.33. The Balaban J connectivity index is 1.26. The summed E-state index contributed by atoms with van der Waals surface area (Å²) >= 11 is 0. The largest absolute Gasteiger partial charge is 0.371 e. The Bertz CT molecular complexity index is 804. The molecule has 0 N–H and O–H groups in total. The van der Waals surface area contributed by atoms with Crippen molar-refractivity contribution in [2.75, 3.05) is 62.4 Å². The first kappa shape index (κ1) is 19.6. The molecule has 2 aromatic rings. The van der Waals surface area contributed by atoms with E-state index in [2.05, 4.69) is 58.3 Å². The molecule has 4 fully saturated rings. The molecule has 0 bridgehead atoms. The van der Waals surface area contributed by atoms with Crippen molar-refractivity contribution < 1.29 is 18.9 Å². The average Bonchev–Trinajstić information content (AvgIpc) is 3.62. The molecule has 4 heterocycles. The molecule has 0 spiro atoms. The van der Waals surface area contributed by atoms with Crippen molar-refractivity contribution in [1.29, 1.82) is 0 Å². The Morgan fingerprint density at radius 3 is 1.19 bits per heavy atom. The standard InChI is InChI=1S/C25H30N2O4/c1-3-7-24(26(10-20-14-28-20)11-21-15-29-21)18(5-1)9-19-6-2-4-8-25(19)27(12-22-16-30-22)13-23-17-31-23/h1-8,20-23H,9-17H2. The van der Waals surface area contributed by atoms with E-state index < -0.39 is 0 Å². The van der Waals surface area contributed by atoms with Gasteiger partial charge in [-0.25, -0.2) is 0 Å². The van der Waals surface area contributed by atoms with Crippen molar-refractivity contribution in [3.8, 4) is 0 Å². The first-order valence-corrected chi connectivity index (χ1v) is 11.4. The summed E-state index contributed by atoms with van der Waals surface area (Å²) in [4.78, 5) is 4.92. The van der Waals surface area contributed by atoms with E-state index in [-0.39, 0.29) is 0 Å². The van der Waals surface area contributed by atoms with Crippen molar-refractivity contribution in [3.63, 3.8) is 0 Å². The number of benzene rings is 2. The third-order valence-corrected chi connectivity index (χ3v) is 6.35. The summed E-state index contributed by atoms with van der Waals surface area (Å²) in [6.45, 7) is 7.21. The van der Waals surface area contributed by atoms with Crippen LogP contribution in [-0.2, 0) is 25.4 Å². The van der Waals surface area contributed by atoms with Crippen LogP contribution in [0, 0.1) is 0 Å². The molecule has 0 amide bonds. The van der Waals surface area contributed by atoms with Gasteiger partial charge in [0, 0.05) is 44.0 Å².